The number of benzene rings is 3. The van der Waals surface area contributed by atoms with Gasteiger partial charge in [0.15, 0.2) is 16.6 Å². The molecule has 6 aromatic rings. The largest absolute Gasteiger partial charge is 0.328 e. The van der Waals surface area contributed by atoms with Crippen molar-refractivity contribution in [2.45, 2.75) is 38.9 Å². The number of thioether (sulfide) groups is 1. The fourth-order valence-electron chi connectivity index (χ4n) is 4.78. The molecule has 8 nitrogen and oxygen atoms in total. The van der Waals surface area contributed by atoms with Crippen LogP contribution < -0.4 is 5.32 Å². The first-order valence-corrected chi connectivity index (χ1v) is 13.5. The predicted octanol–water partition coefficient (Wildman–Crippen LogP) is 5.53. The summed E-state index contributed by atoms with van der Waals surface area (Å²) in [6.07, 6.45) is 0.647. The van der Waals surface area contributed by atoms with E-state index in [4.69, 9.17) is 15.1 Å². The molecule has 0 saturated carbocycles. The van der Waals surface area contributed by atoms with Gasteiger partial charge in [0, 0.05) is 24.0 Å². The van der Waals surface area contributed by atoms with Gasteiger partial charge in [0.2, 0.25) is 5.91 Å². The van der Waals surface area contributed by atoms with E-state index in [-0.39, 0.29) is 11.7 Å². The minimum absolute atomic E-state index is 0.0849. The highest BCUT2D eigenvalue weighted by molar-refractivity contribution is 7.99. The minimum atomic E-state index is -0.0849. The molecular weight excluding hydrogens is 494 g/mol. The standard InChI is InChI=1S/C29H27N7OS/c1-18-9-8-10-19(2)27(18)33-26(37)17-38-29-31-22-12-5-4-11-21(22)28-32-25(34-36(28)29)15-16-35-20(3)30-23-13-6-7-14-24(23)35/h4-14H,15-17H2,1-3H3,(H,33,37). The normalized spacial score (nSPS) is 11.6. The summed E-state index contributed by atoms with van der Waals surface area (Å²) in [4.78, 5) is 27.2. The molecule has 3 aromatic carbocycles. The van der Waals surface area contributed by atoms with Crippen LogP contribution in [0.2, 0.25) is 0 Å². The highest BCUT2D eigenvalue weighted by atomic mass is 32.2. The van der Waals surface area contributed by atoms with E-state index < -0.39 is 0 Å². The molecule has 0 saturated heterocycles. The number of imidazole rings is 1. The van der Waals surface area contributed by atoms with E-state index >= 15 is 0 Å². The summed E-state index contributed by atoms with van der Waals surface area (Å²) in [5.41, 5.74) is 6.60. The summed E-state index contributed by atoms with van der Waals surface area (Å²) in [5, 5.41) is 9.44. The molecule has 0 aliphatic rings. The van der Waals surface area contributed by atoms with Crippen molar-refractivity contribution < 1.29 is 4.79 Å². The topological polar surface area (TPSA) is 90.0 Å². The average Bonchev–Trinajstić information content (AvgIpc) is 3.49. The average molecular weight is 522 g/mol. The Morgan fingerprint density at radius 1 is 0.868 bits per heavy atom. The summed E-state index contributed by atoms with van der Waals surface area (Å²) >= 11 is 1.36. The number of carbonyl (C=O) groups excluding carboxylic acids is 1. The van der Waals surface area contributed by atoms with Crippen molar-refractivity contribution in [1.82, 2.24) is 29.1 Å². The summed E-state index contributed by atoms with van der Waals surface area (Å²) in [6, 6.07) is 22.0. The number of para-hydroxylation sites is 4. The number of nitrogens with one attached hydrogen (secondary N) is 1. The second kappa shape index (κ2) is 9.90. The quantitative estimate of drug-likeness (QED) is 0.220. The zero-order chi connectivity index (χ0) is 26.2. The number of carbonyl (C=O) groups is 1. The number of aryl methyl sites for hydroxylation is 5. The highest BCUT2D eigenvalue weighted by Gasteiger charge is 2.16. The van der Waals surface area contributed by atoms with Crippen molar-refractivity contribution in [3.8, 4) is 0 Å². The molecule has 0 radical (unpaired) electrons. The molecular formula is C29H27N7OS. The maximum absolute atomic E-state index is 12.9. The van der Waals surface area contributed by atoms with Gasteiger partial charge in [-0.2, -0.15) is 4.52 Å². The van der Waals surface area contributed by atoms with Gasteiger partial charge < -0.3 is 9.88 Å². The molecule has 0 spiro atoms. The van der Waals surface area contributed by atoms with Crippen molar-refractivity contribution in [3.05, 3.63) is 89.5 Å². The van der Waals surface area contributed by atoms with Crippen LogP contribution in [0.5, 0.6) is 0 Å². The number of nitrogens with zero attached hydrogens (tertiary/aromatic N) is 6. The number of amides is 1. The Morgan fingerprint density at radius 2 is 1.61 bits per heavy atom. The Labute approximate surface area is 224 Å². The van der Waals surface area contributed by atoms with Crippen molar-refractivity contribution in [1.29, 1.82) is 0 Å². The molecule has 0 aliphatic carbocycles. The number of rotatable bonds is 7. The molecule has 0 fully saturated rings. The van der Waals surface area contributed by atoms with Crippen LogP contribution in [-0.2, 0) is 17.8 Å². The monoisotopic (exact) mass is 521 g/mol. The number of aromatic nitrogens is 6. The van der Waals surface area contributed by atoms with Gasteiger partial charge in [0.05, 0.1) is 22.3 Å². The van der Waals surface area contributed by atoms with Gasteiger partial charge in [-0.25, -0.2) is 15.0 Å². The van der Waals surface area contributed by atoms with Crippen LogP contribution in [0, 0.1) is 20.8 Å². The Morgan fingerprint density at radius 3 is 2.42 bits per heavy atom. The first kappa shape index (κ1) is 24.1. The summed E-state index contributed by atoms with van der Waals surface area (Å²) in [7, 11) is 0. The first-order chi connectivity index (χ1) is 18.5. The molecule has 0 atom stereocenters. The molecule has 9 heteroatoms. The molecule has 38 heavy (non-hydrogen) atoms. The third kappa shape index (κ3) is 4.50. The Hall–Kier alpha value is -4.24. The number of anilines is 1. The van der Waals surface area contributed by atoms with E-state index in [0.717, 1.165) is 62.6 Å². The minimum Gasteiger partial charge on any atom is -0.328 e. The maximum Gasteiger partial charge on any atom is 0.234 e. The summed E-state index contributed by atoms with van der Waals surface area (Å²) in [5.74, 6) is 1.82. The van der Waals surface area contributed by atoms with E-state index in [1.807, 2.05) is 81.4 Å². The zero-order valence-electron chi connectivity index (χ0n) is 21.5. The van der Waals surface area contributed by atoms with Crippen LogP contribution in [0.3, 0.4) is 0 Å². The first-order valence-electron chi connectivity index (χ1n) is 12.5. The molecule has 6 rings (SSSR count). The van der Waals surface area contributed by atoms with E-state index in [9.17, 15) is 4.79 Å². The fraction of sp³-hybridized carbons (Fsp3) is 0.207. The fourth-order valence-corrected chi connectivity index (χ4v) is 5.52. The molecule has 0 aliphatic heterocycles. The van der Waals surface area contributed by atoms with Crippen molar-refractivity contribution >= 4 is 50.9 Å². The summed E-state index contributed by atoms with van der Waals surface area (Å²) < 4.78 is 3.97. The number of hydrogen-bond acceptors (Lipinski definition) is 6. The van der Waals surface area contributed by atoms with Crippen LogP contribution in [-0.4, -0.2) is 40.8 Å². The van der Waals surface area contributed by atoms with E-state index in [2.05, 4.69) is 20.9 Å². The second-order valence-corrected chi connectivity index (χ2v) is 10.3. The third-order valence-corrected chi connectivity index (χ3v) is 7.60. The van der Waals surface area contributed by atoms with Crippen molar-refractivity contribution in [2.24, 2.45) is 0 Å². The predicted molar refractivity (Wildman–Crippen MR) is 152 cm³/mol. The van der Waals surface area contributed by atoms with Crippen LogP contribution in [0.1, 0.15) is 22.8 Å². The molecule has 3 aromatic heterocycles. The van der Waals surface area contributed by atoms with Crippen LogP contribution in [0.4, 0.5) is 5.69 Å². The van der Waals surface area contributed by atoms with Crippen LogP contribution in [0.25, 0.3) is 27.6 Å². The smallest absolute Gasteiger partial charge is 0.234 e. The Balaban J connectivity index is 1.28. The lowest BCUT2D eigenvalue weighted by molar-refractivity contribution is -0.113. The molecule has 0 bridgehead atoms. The van der Waals surface area contributed by atoms with Gasteiger partial charge in [0.25, 0.3) is 0 Å². The van der Waals surface area contributed by atoms with Crippen molar-refractivity contribution in [3.63, 3.8) is 0 Å². The lowest BCUT2D eigenvalue weighted by Crippen LogP contribution is -2.16. The van der Waals surface area contributed by atoms with E-state index in [0.29, 0.717) is 11.6 Å². The van der Waals surface area contributed by atoms with Gasteiger partial charge >= 0.3 is 0 Å². The maximum atomic E-state index is 12.9. The molecule has 3 heterocycles. The van der Waals surface area contributed by atoms with Gasteiger partial charge in [-0.1, -0.05) is 54.2 Å². The molecule has 1 amide bonds. The number of hydrogen-bond donors (Lipinski definition) is 1. The Bertz CT molecular complexity index is 1800. The molecule has 190 valence electrons. The van der Waals surface area contributed by atoms with E-state index in [1.54, 1.807) is 4.52 Å². The van der Waals surface area contributed by atoms with Gasteiger partial charge in [0.1, 0.15) is 5.82 Å². The Kier molecular flexibility index (Phi) is 6.29. The SMILES string of the molecule is Cc1cccc(C)c1NC(=O)CSc1nc2ccccc2c2nc(CCn3c(C)nc4ccccc43)nn12. The van der Waals surface area contributed by atoms with E-state index in [1.165, 1.54) is 11.8 Å². The zero-order valence-corrected chi connectivity index (χ0v) is 22.3. The second-order valence-electron chi connectivity index (χ2n) is 9.33. The van der Waals surface area contributed by atoms with Gasteiger partial charge in [-0.15, -0.1) is 5.10 Å². The molecule has 1 N–H and O–H groups in total. The van der Waals surface area contributed by atoms with Crippen LogP contribution in [0.15, 0.2) is 71.9 Å². The van der Waals surface area contributed by atoms with Crippen LogP contribution >= 0.6 is 11.8 Å². The van der Waals surface area contributed by atoms with Gasteiger partial charge in [-0.05, 0) is 56.2 Å². The summed E-state index contributed by atoms with van der Waals surface area (Å²) in [6.45, 7) is 6.73. The van der Waals surface area contributed by atoms with Crippen molar-refractivity contribution in [2.75, 3.05) is 11.1 Å². The highest BCUT2D eigenvalue weighted by Crippen LogP contribution is 2.25. The lowest BCUT2D eigenvalue weighted by Gasteiger charge is -2.11. The number of fused-ring (bicyclic) bond motifs is 4. The molecule has 0 unspecified atom stereocenters. The lowest BCUT2D eigenvalue weighted by atomic mass is 10.1. The third-order valence-electron chi connectivity index (χ3n) is 6.68. The van der Waals surface area contributed by atoms with Gasteiger partial charge in [-0.3, -0.25) is 4.79 Å².